The Morgan fingerprint density at radius 3 is 2.61 bits per heavy atom. The van der Waals surface area contributed by atoms with Crippen LogP contribution in [0.15, 0.2) is 48.5 Å². The molecular weight excluding hydrogens is 294 g/mol. The molecule has 2 aromatic carbocycles. The van der Waals surface area contributed by atoms with E-state index >= 15 is 0 Å². The van der Waals surface area contributed by atoms with Crippen molar-refractivity contribution < 1.29 is 19.4 Å². The number of benzene rings is 2. The van der Waals surface area contributed by atoms with Crippen LogP contribution in [0.5, 0.6) is 11.5 Å². The summed E-state index contributed by atoms with van der Waals surface area (Å²) in [6, 6.07) is 13.5. The molecule has 0 bridgehead atoms. The van der Waals surface area contributed by atoms with Gasteiger partial charge in [0, 0.05) is 17.7 Å². The SMILES string of the molecule is CC(=O)c1cccc(OC(C)C(=O)NCc2ccccc2O)c1. The summed E-state index contributed by atoms with van der Waals surface area (Å²) in [5.74, 6) is 0.229. The smallest absolute Gasteiger partial charge is 0.261 e. The molecule has 5 heteroatoms. The number of phenols is 1. The van der Waals surface area contributed by atoms with Gasteiger partial charge in [0.2, 0.25) is 0 Å². The third-order valence-corrected chi connectivity index (χ3v) is 3.37. The van der Waals surface area contributed by atoms with Crippen LogP contribution in [0.25, 0.3) is 0 Å². The highest BCUT2D eigenvalue weighted by molar-refractivity contribution is 5.94. The molecule has 1 atom stereocenters. The Morgan fingerprint density at radius 2 is 1.91 bits per heavy atom. The van der Waals surface area contributed by atoms with Crippen molar-refractivity contribution >= 4 is 11.7 Å². The van der Waals surface area contributed by atoms with Gasteiger partial charge in [0.15, 0.2) is 11.9 Å². The Labute approximate surface area is 134 Å². The van der Waals surface area contributed by atoms with Crippen LogP contribution < -0.4 is 10.1 Å². The number of nitrogens with one attached hydrogen (secondary N) is 1. The fourth-order valence-electron chi connectivity index (χ4n) is 2.03. The van der Waals surface area contributed by atoms with Gasteiger partial charge in [-0.3, -0.25) is 9.59 Å². The van der Waals surface area contributed by atoms with Crippen molar-refractivity contribution in [3.63, 3.8) is 0 Å². The first-order valence-corrected chi connectivity index (χ1v) is 7.29. The number of ketones is 1. The molecule has 2 aromatic rings. The number of phenolic OH excluding ortho intramolecular Hbond substituents is 1. The minimum atomic E-state index is -0.719. The Kier molecular flexibility index (Phi) is 5.36. The lowest BCUT2D eigenvalue weighted by Gasteiger charge is -2.15. The number of aromatic hydroxyl groups is 1. The maximum atomic E-state index is 12.1. The highest BCUT2D eigenvalue weighted by Crippen LogP contribution is 2.17. The molecule has 0 saturated carbocycles. The molecule has 5 nitrogen and oxygen atoms in total. The molecule has 0 radical (unpaired) electrons. The molecule has 1 unspecified atom stereocenters. The van der Waals surface area contributed by atoms with E-state index in [-0.39, 0.29) is 24.0 Å². The lowest BCUT2D eigenvalue weighted by molar-refractivity contribution is -0.127. The van der Waals surface area contributed by atoms with Crippen LogP contribution in [0, 0.1) is 0 Å². The van der Waals surface area contributed by atoms with Crippen molar-refractivity contribution in [2.45, 2.75) is 26.5 Å². The van der Waals surface area contributed by atoms with Gasteiger partial charge >= 0.3 is 0 Å². The predicted octanol–water partition coefficient (Wildman–Crippen LogP) is 2.68. The first-order chi connectivity index (χ1) is 11.0. The van der Waals surface area contributed by atoms with Crippen molar-refractivity contribution in [1.29, 1.82) is 0 Å². The first kappa shape index (κ1) is 16.5. The average Bonchev–Trinajstić information content (AvgIpc) is 2.54. The third-order valence-electron chi connectivity index (χ3n) is 3.37. The van der Waals surface area contributed by atoms with E-state index in [1.807, 2.05) is 0 Å². The van der Waals surface area contributed by atoms with E-state index in [1.165, 1.54) is 6.92 Å². The number of para-hydroxylation sites is 1. The van der Waals surface area contributed by atoms with E-state index in [2.05, 4.69) is 5.32 Å². The maximum absolute atomic E-state index is 12.1. The molecular formula is C18H19NO4. The number of ether oxygens (including phenoxy) is 1. The van der Waals surface area contributed by atoms with Crippen molar-refractivity contribution in [2.75, 3.05) is 0 Å². The number of carbonyl (C=O) groups excluding carboxylic acids is 2. The first-order valence-electron chi connectivity index (χ1n) is 7.29. The van der Waals surface area contributed by atoms with E-state index < -0.39 is 6.10 Å². The third kappa shape index (κ3) is 4.57. The van der Waals surface area contributed by atoms with Crippen LogP contribution in [0.3, 0.4) is 0 Å². The van der Waals surface area contributed by atoms with E-state index in [1.54, 1.807) is 55.5 Å². The zero-order chi connectivity index (χ0) is 16.8. The van der Waals surface area contributed by atoms with E-state index in [4.69, 9.17) is 4.74 Å². The summed E-state index contributed by atoms with van der Waals surface area (Å²) in [6.45, 7) is 3.31. The Bertz CT molecular complexity index is 712. The van der Waals surface area contributed by atoms with E-state index in [9.17, 15) is 14.7 Å². The van der Waals surface area contributed by atoms with Crippen molar-refractivity contribution in [3.8, 4) is 11.5 Å². The Balaban J connectivity index is 1.94. The largest absolute Gasteiger partial charge is 0.508 e. The summed E-state index contributed by atoms with van der Waals surface area (Å²) in [4.78, 5) is 23.4. The average molecular weight is 313 g/mol. The molecule has 0 aliphatic heterocycles. The maximum Gasteiger partial charge on any atom is 0.261 e. The van der Waals surface area contributed by atoms with Gasteiger partial charge in [0.25, 0.3) is 5.91 Å². The van der Waals surface area contributed by atoms with Gasteiger partial charge in [0.1, 0.15) is 11.5 Å². The number of hydrogen-bond acceptors (Lipinski definition) is 4. The van der Waals surface area contributed by atoms with Crippen LogP contribution in [0.2, 0.25) is 0 Å². The van der Waals surface area contributed by atoms with Gasteiger partial charge in [-0.05, 0) is 32.0 Å². The van der Waals surface area contributed by atoms with Gasteiger partial charge < -0.3 is 15.2 Å². The molecule has 2 N–H and O–H groups in total. The van der Waals surface area contributed by atoms with Gasteiger partial charge in [-0.1, -0.05) is 30.3 Å². The summed E-state index contributed by atoms with van der Waals surface area (Å²) in [7, 11) is 0. The fourth-order valence-corrected chi connectivity index (χ4v) is 2.03. The zero-order valence-electron chi connectivity index (χ0n) is 13.1. The lowest BCUT2D eigenvalue weighted by Crippen LogP contribution is -2.35. The molecule has 0 heterocycles. The molecule has 0 saturated heterocycles. The molecule has 2 rings (SSSR count). The number of amides is 1. The van der Waals surface area contributed by atoms with Gasteiger partial charge in [-0.15, -0.1) is 0 Å². The Morgan fingerprint density at radius 1 is 1.17 bits per heavy atom. The van der Waals surface area contributed by atoms with Crippen molar-refractivity contribution in [1.82, 2.24) is 5.32 Å². The van der Waals surface area contributed by atoms with Crippen molar-refractivity contribution in [3.05, 3.63) is 59.7 Å². The minimum absolute atomic E-state index is 0.0629. The van der Waals surface area contributed by atoms with Gasteiger partial charge in [-0.25, -0.2) is 0 Å². The van der Waals surface area contributed by atoms with E-state index in [0.29, 0.717) is 16.9 Å². The molecule has 0 spiro atoms. The second kappa shape index (κ2) is 7.45. The summed E-state index contributed by atoms with van der Waals surface area (Å²) in [6.07, 6.45) is -0.719. The number of rotatable bonds is 6. The molecule has 0 aliphatic carbocycles. The fraction of sp³-hybridized carbons (Fsp3) is 0.222. The molecule has 0 fully saturated rings. The van der Waals surface area contributed by atoms with Crippen LogP contribution >= 0.6 is 0 Å². The summed E-state index contributed by atoms with van der Waals surface area (Å²) >= 11 is 0. The normalized spacial score (nSPS) is 11.6. The van der Waals surface area contributed by atoms with Crippen molar-refractivity contribution in [2.24, 2.45) is 0 Å². The van der Waals surface area contributed by atoms with Gasteiger partial charge in [0.05, 0.1) is 0 Å². The number of hydrogen-bond donors (Lipinski definition) is 2. The highest BCUT2D eigenvalue weighted by atomic mass is 16.5. The van der Waals surface area contributed by atoms with E-state index in [0.717, 1.165) is 0 Å². The quantitative estimate of drug-likeness (QED) is 0.804. The van der Waals surface area contributed by atoms with Gasteiger partial charge in [-0.2, -0.15) is 0 Å². The van der Waals surface area contributed by atoms with Crippen LogP contribution in [0.1, 0.15) is 29.8 Å². The predicted molar refractivity (Wildman–Crippen MR) is 86.5 cm³/mol. The highest BCUT2D eigenvalue weighted by Gasteiger charge is 2.15. The summed E-state index contributed by atoms with van der Waals surface area (Å²) in [5.41, 5.74) is 1.16. The molecule has 1 amide bonds. The topological polar surface area (TPSA) is 75.6 Å². The molecule has 120 valence electrons. The Hall–Kier alpha value is -2.82. The van der Waals surface area contributed by atoms with Crippen LogP contribution in [-0.2, 0) is 11.3 Å². The zero-order valence-corrected chi connectivity index (χ0v) is 13.1. The number of carbonyl (C=O) groups is 2. The minimum Gasteiger partial charge on any atom is -0.508 e. The second-order valence-corrected chi connectivity index (χ2v) is 5.19. The van der Waals surface area contributed by atoms with Crippen LogP contribution in [0.4, 0.5) is 0 Å². The molecule has 23 heavy (non-hydrogen) atoms. The molecule has 0 aromatic heterocycles. The summed E-state index contributed by atoms with van der Waals surface area (Å²) < 4.78 is 5.56. The lowest BCUT2D eigenvalue weighted by atomic mass is 10.1. The standard InChI is InChI=1S/C18H19NO4/c1-12(20)14-7-5-8-16(10-14)23-13(2)18(22)19-11-15-6-3-4-9-17(15)21/h3-10,13,21H,11H2,1-2H3,(H,19,22). The summed E-state index contributed by atoms with van der Waals surface area (Å²) in [5, 5.41) is 12.4. The number of Topliss-reactive ketones (excluding diaryl/α,β-unsaturated/α-hetero) is 1. The molecule has 0 aliphatic rings. The monoisotopic (exact) mass is 313 g/mol. The second-order valence-electron chi connectivity index (χ2n) is 5.19. The van der Waals surface area contributed by atoms with Crippen LogP contribution in [-0.4, -0.2) is 22.9 Å².